The molecule has 0 aliphatic heterocycles. The molecule has 0 saturated carbocycles. The molecule has 7 heteroatoms. The van der Waals surface area contributed by atoms with Crippen molar-refractivity contribution in [3.8, 4) is 17.2 Å². The van der Waals surface area contributed by atoms with Crippen molar-refractivity contribution in [2.75, 3.05) is 7.11 Å². The van der Waals surface area contributed by atoms with E-state index in [-0.39, 0.29) is 18.0 Å². The number of nitrogens with zero attached hydrogens (tertiary/aromatic N) is 1. The Kier molecular flexibility index (Phi) is 4.77. The maximum atomic E-state index is 10.8. The van der Waals surface area contributed by atoms with Crippen molar-refractivity contribution < 1.29 is 19.5 Å². The van der Waals surface area contributed by atoms with Gasteiger partial charge in [-0.25, -0.2) is 0 Å². The molecule has 0 aliphatic carbocycles. The van der Waals surface area contributed by atoms with E-state index in [1.54, 1.807) is 18.2 Å². The Hall–Kier alpha value is -2.12. The van der Waals surface area contributed by atoms with Gasteiger partial charge in [0.2, 0.25) is 0 Å². The number of nitro groups is 1. The van der Waals surface area contributed by atoms with Crippen molar-refractivity contribution >= 4 is 21.6 Å². The van der Waals surface area contributed by atoms with Gasteiger partial charge in [0.25, 0.3) is 5.69 Å². The first-order valence-electron chi connectivity index (χ1n) is 5.94. The van der Waals surface area contributed by atoms with E-state index in [4.69, 9.17) is 14.6 Å². The molecule has 0 radical (unpaired) electrons. The number of benzene rings is 2. The standard InChI is InChI=1S/C14H12BrNO5/c1-20-13-5-3-10(16(18)19)6-14(13)21-11-4-2-9(8-17)12(15)7-11/h2-7,17H,8H2,1H3. The average molecular weight is 354 g/mol. The SMILES string of the molecule is COc1ccc([N+](=O)[O-])cc1Oc1ccc(CO)c(Br)c1. The van der Waals surface area contributed by atoms with Gasteiger partial charge in [-0.1, -0.05) is 22.0 Å². The average Bonchev–Trinajstić information content (AvgIpc) is 2.47. The monoisotopic (exact) mass is 353 g/mol. The van der Waals surface area contributed by atoms with Gasteiger partial charge in [-0.05, 0) is 23.8 Å². The highest BCUT2D eigenvalue weighted by Crippen LogP contribution is 2.35. The van der Waals surface area contributed by atoms with Crippen molar-refractivity contribution in [1.82, 2.24) is 0 Å². The van der Waals surface area contributed by atoms with E-state index >= 15 is 0 Å². The van der Waals surface area contributed by atoms with Crippen molar-refractivity contribution in [2.45, 2.75) is 6.61 Å². The summed E-state index contributed by atoms with van der Waals surface area (Å²) in [6, 6.07) is 9.15. The Morgan fingerprint density at radius 1 is 1.24 bits per heavy atom. The third-order valence-electron chi connectivity index (χ3n) is 2.78. The lowest BCUT2D eigenvalue weighted by Crippen LogP contribution is -1.94. The summed E-state index contributed by atoms with van der Waals surface area (Å²) in [5.74, 6) is 1.11. The fraction of sp³-hybridized carbons (Fsp3) is 0.143. The number of ether oxygens (including phenoxy) is 2. The van der Waals surface area contributed by atoms with E-state index in [1.165, 1.54) is 25.3 Å². The van der Waals surface area contributed by atoms with Gasteiger partial charge in [0.15, 0.2) is 11.5 Å². The summed E-state index contributed by atoms with van der Waals surface area (Å²) in [7, 11) is 1.46. The molecule has 0 amide bonds. The zero-order chi connectivity index (χ0) is 15.4. The molecule has 0 aromatic heterocycles. The molecule has 0 bridgehead atoms. The van der Waals surface area contributed by atoms with Crippen molar-refractivity contribution in [3.63, 3.8) is 0 Å². The number of hydrogen-bond donors (Lipinski definition) is 1. The lowest BCUT2D eigenvalue weighted by molar-refractivity contribution is -0.384. The van der Waals surface area contributed by atoms with Gasteiger partial charge in [0, 0.05) is 10.5 Å². The molecule has 0 heterocycles. The predicted octanol–water partition coefficient (Wildman–Crippen LogP) is 3.65. The first-order valence-corrected chi connectivity index (χ1v) is 6.74. The Morgan fingerprint density at radius 2 is 2.00 bits per heavy atom. The summed E-state index contributed by atoms with van der Waals surface area (Å²) in [5, 5.41) is 19.9. The second-order valence-corrected chi connectivity index (χ2v) is 4.96. The van der Waals surface area contributed by atoms with Crippen LogP contribution in [0, 0.1) is 10.1 Å². The van der Waals surface area contributed by atoms with Crippen LogP contribution in [0.3, 0.4) is 0 Å². The fourth-order valence-corrected chi connectivity index (χ4v) is 2.19. The maximum absolute atomic E-state index is 10.8. The van der Waals surface area contributed by atoms with Crippen LogP contribution in [0.4, 0.5) is 5.69 Å². The number of hydrogen-bond acceptors (Lipinski definition) is 5. The largest absolute Gasteiger partial charge is 0.493 e. The van der Waals surface area contributed by atoms with Gasteiger partial charge in [-0.2, -0.15) is 0 Å². The number of aliphatic hydroxyl groups is 1. The summed E-state index contributed by atoms with van der Waals surface area (Å²) >= 11 is 3.31. The predicted molar refractivity (Wildman–Crippen MR) is 79.8 cm³/mol. The Labute approximate surface area is 129 Å². The van der Waals surface area contributed by atoms with E-state index in [0.717, 1.165) is 0 Å². The first-order chi connectivity index (χ1) is 10.0. The van der Waals surface area contributed by atoms with Crippen LogP contribution in [0.2, 0.25) is 0 Å². The molecule has 0 spiro atoms. The first kappa shape index (κ1) is 15.3. The van der Waals surface area contributed by atoms with Gasteiger partial charge in [0.05, 0.1) is 24.7 Å². The molecule has 0 unspecified atom stereocenters. The minimum absolute atomic E-state index is 0.0863. The summed E-state index contributed by atoms with van der Waals surface area (Å²) in [6.07, 6.45) is 0. The lowest BCUT2D eigenvalue weighted by atomic mass is 10.2. The quantitative estimate of drug-likeness (QED) is 0.655. The van der Waals surface area contributed by atoms with Crippen LogP contribution in [0.5, 0.6) is 17.2 Å². The molecule has 2 aromatic carbocycles. The van der Waals surface area contributed by atoms with Gasteiger partial charge in [-0.3, -0.25) is 10.1 Å². The molecule has 1 N–H and O–H groups in total. The van der Waals surface area contributed by atoms with Gasteiger partial charge in [0.1, 0.15) is 5.75 Å². The van der Waals surface area contributed by atoms with Crippen LogP contribution in [0.15, 0.2) is 40.9 Å². The van der Waals surface area contributed by atoms with Gasteiger partial charge >= 0.3 is 0 Å². The third-order valence-corrected chi connectivity index (χ3v) is 3.52. The zero-order valence-corrected chi connectivity index (χ0v) is 12.7. The fourth-order valence-electron chi connectivity index (χ4n) is 1.71. The molecule has 2 rings (SSSR count). The third kappa shape index (κ3) is 3.50. The molecule has 110 valence electrons. The van der Waals surface area contributed by atoms with Crippen LogP contribution in [-0.4, -0.2) is 17.1 Å². The highest BCUT2D eigenvalue weighted by atomic mass is 79.9. The van der Waals surface area contributed by atoms with Crippen LogP contribution >= 0.6 is 15.9 Å². The number of methoxy groups -OCH3 is 1. The lowest BCUT2D eigenvalue weighted by Gasteiger charge is -2.11. The van der Waals surface area contributed by atoms with Crippen molar-refractivity contribution in [1.29, 1.82) is 0 Å². The second kappa shape index (κ2) is 6.55. The number of nitro benzene ring substituents is 1. The maximum Gasteiger partial charge on any atom is 0.273 e. The Balaban J connectivity index is 2.35. The molecular formula is C14H12BrNO5. The second-order valence-electron chi connectivity index (χ2n) is 4.11. The number of halogens is 1. The summed E-state index contributed by atoms with van der Waals surface area (Å²) in [6.45, 7) is -0.0962. The Bertz CT molecular complexity index is 674. The highest BCUT2D eigenvalue weighted by molar-refractivity contribution is 9.10. The smallest absolute Gasteiger partial charge is 0.273 e. The van der Waals surface area contributed by atoms with Crippen LogP contribution in [0.25, 0.3) is 0 Å². The van der Waals surface area contributed by atoms with Crippen molar-refractivity contribution in [2.24, 2.45) is 0 Å². The molecule has 0 fully saturated rings. The Morgan fingerprint density at radius 3 is 2.57 bits per heavy atom. The molecule has 2 aromatic rings. The van der Waals surface area contributed by atoms with E-state index in [2.05, 4.69) is 15.9 Å². The number of aliphatic hydroxyl groups excluding tert-OH is 1. The molecule has 0 aliphatic rings. The summed E-state index contributed by atoms with van der Waals surface area (Å²) < 4.78 is 11.4. The normalized spacial score (nSPS) is 10.2. The molecular weight excluding hydrogens is 342 g/mol. The molecule has 0 atom stereocenters. The topological polar surface area (TPSA) is 81.8 Å². The van der Waals surface area contributed by atoms with E-state index in [1.807, 2.05) is 0 Å². The highest BCUT2D eigenvalue weighted by Gasteiger charge is 2.13. The summed E-state index contributed by atoms with van der Waals surface area (Å²) in [4.78, 5) is 10.3. The van der Waals surface area contributed by atoms with Crippen LogP contribution in [-0.2, 0) is 6.61 Å². The van der Waals surface area contributed by atoms with E-state index < -0.39 is 4.92 Å². The number of non-ortho nitro benzene ring substituents is 1. The van der Waals surface area contributed by atoms with E-state index in [0.29, 0.717) is 21.5 Å². The molecule has 6 nitrogen and oxygen atoms in total. The van der Waals surface area contributed by atoms with Crippen LogP contribution in [0.1, 0.15) is 5.56 Å². The van der Waals surface area contributed by atoms with Crippen LogP contribution < -0.4 is 9.47 Å². The van der Waals surface area contributed by atoms with E-state index in [9.17, 15) is 10.1 Å². The molecule has 21 heavy (non-hydrogen) atoms. The zero-order valence-electron chi connectivity index (χ0n) is 11.1. The van der Waals surface area contributed by atoms with Crippen molar-refractivity contribution in [3.05, 3.63) is 56.5 Å². The minimum atomic E-state index is -0.503. The minimum Gasteiger partial charge on any atom is -0.493 e. The number of rotatable bonds is 5. The van der Waals surface area contributed by atoms with Gasteiger partial charge < -0.3 is 14.6 Å². The summed E-state index contributed by atoms with van der Waals surface area (Å²) in [5.41, 5.74) is 0.630. The van der Waals surface area contributed by atoms with Gasteiger partial charge in [-0.15, -0.1) is 0 Å². The molecule has 0 saturated heterocycles.